The van der Waals surface area contributed by atoms with Gasteiger partial charge in [-0.05, 0) is 42.5 Å². The number of esters is 1. The summed E-state index contributed by atoms with van der Waals surface area (Å²) in [6, 6.07) is 9.60. The van der Waals surface area contributed by atoms with Crippen molar-refractivity contribution in [3.63, 3.8) is 0 Å². The van der Waals surface area contributed by atoms with E-state index in [-0.39, 0.29) is 24.5 Å². The normalized spacial score (nSPS) is 20.3. The molecule has 1 saturated carbocycles. The molecule has 5 rings (SSSR count). The quantitative estimate of drug-likeness (QED) is 0.560. The maximum absolute atomic E-state index is 12.9. The van der Waals surface area contributed by atoms with E-state index in [1.165, 1.54) is 0 Å². The molecule has 0 aromatic heterocycles. The predicted molar refractivity (Wildman–Crippen MR) is 120 cm³/mol. The molecule has 1 heterocycles. The molecule has 174 valence electrons. The van der Waals surface area contributed by atoms with Crippen LogP contribution in [0, 0.1) is 5.41 Å². The smallest absolute Gasteiger partial charge is 0.315 e. The summed E-state index contributed by atoms with van der Waals surface area (Å²) in [5, 5.41) is 0. The van der Waals surface area contributed by atoms with Crippen molar-refractivity contribution < 1.29 is 33.3 Å². The molecular weight excluding hydrogens is 424 g/mol. The summed E-state index contributed by atoms with van der Waals surface area (Å²) in [5.41, 5.74) is 2.94. The number of benzene rings is 2. The Morgan fingerprint density at radius 2 is 1.88 bits per heavy atom. The Bertz CT molecular complexity index is 1080. The van der Waals surface area contributed by atoms with Gasteiger partial charge in [-0.3, -0.25) is 9.59 Å². The first-order valence-corrected chi connectivity index (χ1v) is 11.4. The highest BCUT2D eigenvalue weighted by Crippen LogP contribution is 2.50. The van der Waals surface area contributed by atoms with E-state index < -0.39 is 5.41 Å². The summed E-state index contributed by atoms with van der Waals surface area (Å²) in [4.78, 5) is 24.9. The minimum absolute atomic E-state index is 0.175. The summed E-state index contributed by atoms with van der Waals surface area (Å²) in [6.45, 7) is 1.27. The summed E-state index contributed by atoms with van der Waals surface area (Å²) in [7, 11) is 3.14. The van der Waals surface area contributed by atoms with Crippen molar-refractivity contribution in [2.24, 2.45) is 5.41 Å². The van der Waals surface area contributed by atoms with E-state index in [2.05, 4.69) is 0 Å². The van der Waals surface area contributed by atoms with Crippen molar-refractivity contribution in [3.05, 3.63) is 41.5 Å². The van der Waals surface area contributed by atoms with E-state index in [1.807, 2.05) is 30.3 Å². The van der Waals surface area contributed by atoms with Gasteiger partial charge in [0.15, 0.2) is 17.3 Å². The molecule has 0 spiro atoms. The molecule has 0 amide bonds. The second-order valence-corrected chi connectivity index (χ2v) is 8.93. The van der Waals surface area contributed by atoms with Gasteiger partial charge in [0, 0.05) is 24.0 Å². The van der Waals surface area contributed by atoms with Crippen molar-refractivity contribution in [2.45, 2.75) is 38.2 Å². The lowest BCUT2D eigenvalue weighted by atomic mass is 9.99. The topological polar surface area (TPSA) is 80.3 Å². The van der Waals surface area contributed by atoms with Gasteiger partial charge < -0.3 is 23.7 Å². The predicted octanol–water partition coefficient (Wildman–Crippen LogP) is 3.99. The molecule has 0 radical (unpaired) electrons. The van der Waals surface area contributed by atoms with Crippen molar-refractivity contribution in [1.29, 1.82) is 0 Å². The average Bonchev–Trinajstić information content (AvgIpc) is 3.29. The Kier molecular flexibility index (Phi) is 5.74. The van der Waals surface area contributed by atoms with Gasteiger partial charge in [0.05, 0.1) is 27.4 Å². The van der Waals surface area contributed by atoms with Crippen LogP contribution < -0.4 is 14.2 Å². The number of methoxy groups -OCH3 is 2. The molecule has 7 nitrogen and oxygen atoms in total. The molecule has 0 N–H and O–H groups in total. The molecule has 1 atom stereocenters. The van der Waals surface area contributed by atoms with Gasteiger partial charge in [0.25, 0.3) is 0 Å². The first-order valence-electron chi connectivity index (χ1n) is 11.4. The second-order valence-electron chi connectivity index (χ2n) is 8.93. The first-order chi connectivity index (χ1) is 16.0. The Labute approximate surface area is 192 Å². The van der Waals surface area contributed by atoms with Crippen molar-refractivity contribution in [1.82, 2.24) is 0 Å². The number of carbonyl (C=O) groups is 2. The van der Waals surface area contributed by atoms with E-state index in [9.17, 15) is 9.59 Å². The molecule has 0 unspecified atom stereocenters. The summed E-state index contributed by atoms with van der Waals surface area (Å²) in [5.74, 6) is 1.49. The average molecular weight is 453 g/mol. The van der Waals surface area contributed by atoms with Gasteiger partial charge in [0.1, 0.15) is 18.1 Å². The van der Waals surface area contributed by atoms with Crippen molar-refractivity contribution >= 4 is 11.8 Å². The molecule has 2 fully saturated rings. The maximum atomic E-state index is 12.9. The van der Waals surface area contributed by atoms with Gasteiger partial charge in [-0.1, -0.05) is 18.2 Å². The van der Waals surface area contributed by atoms with Crippen LogP contribution >= 0.6 is 0 Å². The largest absolute Gasteiger partial charge is 0.493 e. The Morgan fingerprint density at radius 1 is 1.06 bits per heavy atom. The number of ketones is 1. The fourth-order valence-corrected chi connectivity index (χ4v) is 4.54. The fourth-order valence-electron chi connectivity index (χ4n) is 4.54. The van der Waals surface area contributed by atoms with Crippen LogP contribution in [0.25, 0.3) is 11.1 Å². The van der Waals surface area contributed by atoms with Gasteiger partial charge in [-0.25, -0.2) is 0 Å². The van der Waals surface area contributed by atoms with Crippen LogP contribution in [0.2, 0.25) is 0 Å². The third-order valence-corrected chi connectivity index (χ3v) is 6.78. The SMILES string of the molecule is COc1ccc(-c2ccc3c(c2)CCC3=O)c(OCC2(C(=O)O[C@H]3CCOC3)CC2)c1OC. The first kappa shape index (κ1) is 21.8. The Hall–Kier alpha value is -3.06. The Balaban J connectivity index is 1.43. The summed E-state index contributed by atoms with van der Waals surface area (Å²) in [6.07, 6.45) is 3.29. The van der Waals surface area contributed by atoms with Crippen molar-refractivity contribution in [2.75, 3.05) is 34.0 Å². The standard InChI is InChI=1S/C26H28O7/c1-29-22-8-6-20(17-3-5-19-16(13-17)4-7-21(19)27)23(24(22)30-2)32-15-26(10-11-26)25(28)33-18-9-12-31-14-18/h3,5-6,8,13,18H,4,7,9-12,14-15H2,1-2H3/t18-/m0/s1. The molecule has 1 saturated heterocycles. The van der Waals surface area contributed by atoms with Crippen LogP contribution in [-0.4, -0.2) is 51.9 Å². The molecule has 2 aliphatic carbocycles. The lowest BCUT2D eigenvalue weighted by Gasteiger charge is -2.22. The van der Waals surface area contributed by atoms with Crippen molar-refractivity contribution in [3.8, 4) is 28.4 Å². The minimum Gasteiger partial charge on any atom is -0.493 e. The zero-order valence-corrected chi connectivity index (χ0v) is 19.0. The number of aryl methyl sites for hydroxylation is 1. The number of Topliss-reactive ketones (excluding diaryl/α,β-unsaturated/α-hetero) is 1. The van der Waals surface area contributed by atoms with Crippen LogP contribution in [0.5, 0.6) is 17.2 Å². The summed E-state index contributed by atoms with van der Waals surface area (Å²) >= 11 is 0. The number of hydrogen-bond donors (Lipinski definition) is 0. The minimum atomic E-state index is -0.641. The fraction of sp³-hybridized carbons (Fsp3) is 0.462. The number of ether oxygens (including phenoxy) is 5. The number of carbonyl (C=O) groups excluding carboxylic acids is 2. The number of fused-ring (bicyclic) bond motifs is 1. The van der Waals surface area contributed by atoms with Gasteiger partial charge in [-0.15, -0.1) is 0 Å². The molecule has 7 heteroatoms. The molecule has 2 aromatic rings. The molecular formula is C26H28O7. The van der Waals surface area contributed by atoms with E-state index in [0.717, 1.165) is 47.9 Å². The molecule has 2 aromatic carbocycles. The van der Waals surface area contributed by atoms with Gasteiger partial charge >= 0.3 is 5.97 Å². The molecule has 3 aliphatic rings. The number of rotatable bonds is 8. The van der Waals surface area contributed by atoms with Crippen LogP contribution in [0.4, 0.5) is 0 Å². The van der Waals surface area contributed by atoms with E-state index >= 15 is 0 Å². The van der Waals surface area contributed by atoms with Crippen LogP contribution in [0.3, 0.4) is 0 Å². The third kappa shape index (κ3) is 4.06. The van der Waals surface area contributed by atoms with Gasteiger partial charge in [-0.2, -0.15) is 0 Å². The van der Waals surface area contributed by atoms with Crippen LogP contribution in [-0.2, 0) is 20.7 Å². The number of hydrogen-bond acceptors (Lipinski definition) is 7. The van der Waals surface area contributed by atoms with Crippen LogP contribution in [0.1, 0.15) is 41.6 Å². The van der Waals surface area contributed by atoms with E-state index in [4.69, 9.17) is 23.7 Å². The lowest BCUT2D eigenvalue weighted by molar-refractivity contribution is -0.157. The maximum Gasteiger partial charge on any atom is 0.315 e. The highest BCUT2D eigenvalue weighted by molar-refractivity contribution is 6.01. The highest BCUT2D eigenvalue weighted by atomic mass is 16.6. The van der Waals surface area contributed by atoms with Crippen LogP contribution in [0.15, 0.2) is 30.3 Å². The zero-order valence-electron chi connectivity index (χ0n) is 19.0. The lowest BCUT2D eigenvalue weighted by Crippen LogP contribution is -2.30. The monoisotopic (exact) mass is 452 g/mol. The summed E-state index contributed by atoms with van der Waals surface area (Å²) < 4.78 is 28.4. The Morgan fingerprint density at radius 3 is 2.58 bits per heavy atom. The highest BCUT2D eigenvalue weighted by Gasteiger charge is 2.53. The molecule has 33 heavy (non-hydrogen) atoms. The molecule has 0 bridgehead atoms. The second kappa shape index (κ2) is 8.71. The van der Waals surface area contributed by atoms with Gasteiger partial charge in [0.2, 0.25) is 5.75 Å². The van der Waals surface area contributed by atoms with E-state index in [0.29, 0.717) is 36.9 Å². The molecule has 1 aliphatic heterocycles. The third-order valence-electron chi connectivity index (χ3n) is 6.78. The van der Waals surface area contributed by atoms with E-state index in [1.54, 1.807) is 14.2 Å². The zero-order chi connectivity index (χ0) is 23.0.